The van der Waals surface area contributed by atoms with Gasteiger partial charge in [-0.2, -0.15) is 20.3 Å². The molecule has 2 rings (SSSR count). The summed E-state index contributed by atoms with van der Waals surface area (Å²) in [6.45, 7) is 1.68. The fourth-order valence-electron chi connectivity index (χ4n) is 1.48. The number of thiocarbonyl (C=S) groups is 1. The smallest absolute Gasteiger partial charge is 0.282 e. The molecular weight excluding hydrogens is 330 g/mol. The van der Waals surface area contributed by atoms with Crippen LogP contribution in [0.3, 0.4) is 0 Å². The van der Waals surface area contributed by atoms with E-state index in [1.165, 1.54) is 0 Å². The Hall–Kier alpha value is -1.67. The molecule has 1 heterocycles. The van der Waals surface area contributed by atoms with Crippen LogP contribution in [0.5, 0.6) is 0 Å². The Balaban J connectivity index is 2.16. The minimum atomic E-state index is -0.759. The Bertz CT molecular complexity index is 583. The van der Waals surface area contributed by atoms with Crippen LogP contribution in [0.2, 0.25) is 0 Å². The van der Waals surface area contributed by atoms with Crippen molar-refractivity contribution in [1.29, 1.82) is 0 Å². The van der Waals surface area contributed by atoms with Crippen LogP contribution in [-0.4, -0.2) is 27.8 Å². The molecule has 19 heavy (non-hydrogen) atoms. The highest BCUT2D eigenvalue weighted by molar-refractivity contribution is 9.10. The minimum Gasteiger partial charge on any atom is -0.374 e. The van der Waals surface area contributed by atoms with E-state index in [2.05, 4.69) is 31.3 Å². The van der Waals surface area contributed by atoms with Crippen LogP contribution >= 0.6 is 28.1 Å². The second-order valence-electron chi connectivity index (χ2n) is 3.82. The first-order valence-electron chi connectivity index (χ1n) is 5.34. The minimum absolute atomic E-state index is 0.0920. The predicted molar refractivity (Wildman–Crippen MR) is 79.2 cm³/mol. The highest BCUT2D eigenvalue weighted by Crippen LogP contribution is 2.19. The molecule has 1 aromatic rings. The molecule has 0 radical (unpaired) electrons. The maximum absolute atomic E-state index is 11.9. The van der Waals surface area contributed by atoms with E-state index in [1.807, 2.05) is 12.1 Å². The van der Waals surface area contributed by atoms with Crippen molar-refractivity contribution in [2.24, 2.45) is 21.1 Å². The van der Waals surface area contributed by atoms with Crippen LogP contribution in [0, 0.1) is 0 Å². The molecule has 0 aromatic heterocycles. The van der Waals surface area contributed by atoms with Gasteiger partial charge in [0.2, 0.25) is 0 Å². The van der Waals surface area contributed by atoms with Gasteiger partial charge >= 0.3 is 0 Å². The third-order valence-electron chi connectivity index (χ3n) is 2.42. The molecule has 0 bridgehead atoms. The number of nitrogens with zero attached hydrogens (tertiary/aromatic N) is 4. The number of amides is 1. The summed E-state index contributed by atoms with van der Waals surface area (Å²) in [5, 5.41) is 12.8. The number of rotatable bonds is 2. The molecule has 0 saturated carbocycles. The molecule has 0 saturated heterocycles. The lowest BCUT2D eigenvalue weighted by Gasteiger charge is -2.08. The van der Waals surface area contributed by atoms with Crippen LogP contribution in [0.25, 0.3) is 0 Å². The van der Waals surface area contributed by atoms with E-state index in [-0.39, 0.29) is 11.0 Å². The van der Waals surface area contributed by atoms with Gasteiger partial charge in [-0.15, -0.1) is 0 Å². The molecule has 8 heteroatoms. The van der Waals surface area contributed by atoms with Gasteiger partial charge < -0.3 is 5.73 Å². The molecular formula is C11H10BrN5OS. The van der Waals surface area contributed by atoms with Gasteiger partial charge in [0.15, 0.2) is 11.2 Å². The summed E-state index contributed by atoms with van der Waals surface area (Å²) in [4.78, 5) is 11.9. The number of halogens is 1. The molecule has 0 spiro atoms. The average Bonchev–Trinajstić information content (AvgIpc) is 2.65. The molecule has 98 valence electrons. The van der Waals surface area contributed by atoms with Crippen molar-refractivity contribution in [2.75, 3.05) is 0 Å². The highest BCUT2D eigenvalue weighted by Gasteiger charge is 2.35. The van der Waals surface area contributed by atoms with E-state index in [4.69, 9.17) is 18.0 Å². The van der Waals surface area contributed by atoms with Gasteiger partial charge in [-0.05, 0) is 43.4 Å². The molecule has 0 fully saturated rings. The van der Waals surface area contributed by atoms with E-state index in [1.54, 1.807) is 19.1 Å². The monoisotopic (exact) mass is 339 g/mol. The van der Waals surface area contributed by atoms with Crippen LogP contribution in [0.1, 0.15) is 6.92 Å². The third kappa shape index (κ3) is 3.02. The fourth-order valence-corrected chi connectivity index (χ4v) is 1.87. The van der Waals surface area contributed by atoms with Crippen molar-refractivity contribution >= 4 is 50.6 Å². The lowest BCUT2D eigenvalue weighted by molar-refractivity contribution is -0.126. The zero-order valence-electron chi connectivity index (χ0n) is 9.95. The molecule has 1 amide bonds. The van der Waals surface area contributed by atoms with Gasteiger partial charge in [-0.3, -0.25) is 4.79 Å². The maximum Gasteiger partial charge on any atom is 0.282 e. The summed E-state index contributed by atoms with van der Waals surface area (Å²) in [6.07, 6.45) is 0. The normalized spacial score (nSPS) is 19.1. The lowest BCUT2D eigenvalue weighted by Crippen LogP contribution is -2.37. The van der Waals surface area contributed by atoms with Crippen molar-refractivity contribution in [3.8, 4) is 0 Å². The van der Waals surface area contributed by atoms with Crippen LogP contribution < -0.4 is 5.73 Å². The number of benzene rings is 1. The van der Waals surface area contributed by atoms with Crippen LogP contribution in [0.15, 0.2) is 44.1 Å². The first-order chi connectivity index (χ1) is 8.99. The molecule has 1 aliphatic heterocycles. The number of carbonyl (C=O) groups excluding carboxylic acids is 1. The second-order valence-corrected chi connectivity index (χ2v) is 5.16. The quantitative estimate of drug-likeness (QED) is 0.663. The van der Waals surface area contributed by atoms with E-state index in [0.29, 0.717) is 11.4 Å². The van der Waals surface area contributed by atoms with E-state index < -0.39 is 6.04 Å². The Morgan fingerprint density at radius 2 is 2.11 bits per heavy atom. The van der Waals surface area contributed by atoms with Crippen molar-refractivity contribution < 1.29 is 4.79 Å². The number of nitrogens with two attached hydrogens (primary N) is 1. The summed E-state index contributed by atoms with van der Waals surface area (Å²) in [7, 11) is 0. The number of hydrogen-bond acceptors (Lipinski definition) is 5. The summed E-state index contributed by atoms with van der Waals surface area (Å²) in [5.41, 5.74) is 6.55. The number of azo groups is 1. The molecule has 6 nitrogen and oxygen atoms in total. The van der Waals surface area contributed by atoms with Gasteiger partial charge in [0.25, 0.3) is 5.91 Å². The van der Waals surface area contributed by atoms with Crippen LogP contribution in [-0.2, 0) is 4.79 Å². The Labute approximate surface area is 123 Å². The lowest BCUT2D eigenvalue weighted by atomic mass is 10.2. The first-order valence-corrected chi connectivity index (χ1v) is 6.54. The second kappa shape index (κ2) is 5.54. The van der Waals surface area contributed by atoms with Crippen LogP contribution in [0.4, 0.5) is 5.69 Å². The summed E-state index contributed by atoms with van der Waals surface area (Å²) in [5.74, 6) is -0.383. The van der Waals surface area contributed by atoms with Gasteiger partial charge in [-0.1, -0.05) is 15.9 Å². The average molecular weight is 340 g/mol. The van der Waals surface area contributed by atoms with Gasteiger partial charge in [-0.25, -0.2) is 0 Å². The number of carbonyl (C=O) groups is 1. The third-order valence-corrected chi connectivity index (χ3v) is 3.12. The predicted octanol–water partition coefficient (Wildman–Crippen LogP) is 2.36. The summed E-state index contributed by atoms with van der Waals surface area (Å²) < 4.78 is 0.945. The van der Waals surface area contributed by atoms with E-state index >= 15 is 0 Å². The van der Waals surface area contributed by atoms with Gasteiger partial charge in [0.05, 0.1) is 11.4 Å². The van der Waals surface area contributed by atoms with Gasteiger partial charge in [0.1, 0.15) is 0 Å². The van der Waals surface area contributed by atoms with Gasteiger partial charge in [0, 0.05) is 4.47 Å². The molecule has 1 aliphatic rings. The summed E-state index contributed by atoms with van der Waals surface area (Å²) in [6, 6.07) is 6.49. The largest absolute Gasteiger partial charge is 0.374 e. The van der Waals surface area contributed by atoms with E-state index in [0.717, 1.165) is 9.48 Å². The van der Waals surface area contributed by atoms with Crippen molar-refractivity contribution in [1.82, 2.24) is 5.01 Å². The maximum atomic E-state index is 11.9. The Morgan fingerprint density at radius 3 is 2.63 bits per heavy atom. The molecule has 0 aliphatic carbocycles. The fraction of sp³-hybridized carbons (Fsp3) is 0.182. The van der Waals surface area contributed by atoms with Crippen molar-refractivity contribution in [2.45, 2.75) is 13.0 Å². The SMILES string of the molecule is CC1=NN(C(N)=S)C(=O)C1N=Nc1ccc(Br)cc1. The zero-order valence-corrected chi connectivity index (χ0v) is 12.3. The van der Waals surface area contributed by atoms with Crippen molar-refractivity contribution in [3.63, 3.8) is 0 Å². The molecule has 1 unspecified atom stereocenters. The molecule has 1 atom stereocenters. The summed E-state index contributed by atoms with van der Waals surface area (Å²) >= 11 is 8.05. The Morgan fingerprint density at radius 1 is 1.47 bits per heavy atom. The van der Waals surface area contributed by atoms with Crippen molar-refractivity contribution in [3.05, 3.63) is 28.7 Å². The van der Waals surface area contributed by atoms with E-state index in [9.17, 15) is 4.79 Å². The zero-order chi connectivity index (χ0) is 14.0. The molecule has 1 aromatic carbocycles. The number of hydrazone groups is 1. The topological polar surface area (TPSA) is 83.4 Å². The Kier molecular flexibility index (Phi) is 4.01. The standard InChI is InChI=1S/C11H10BrN5OS/c1-6-9(10(18)17(16-6)11(13)19)15-14-8-4-2-7(12)3-5-8/h2-5,9H,1H3,(H2,13,19). The highest BCUT2D eigenvalue weighted by atomic mass is 79.9. The first kappa shape index (κ1) is 13.8. The number of hydrogen-bond donors (Lipinski definition) is 1. The molecule has 2 N–H and O–H groups in total.